The van der Waals surface area contributed by atoms with Gasteiger partial charge in [0.15, 0.2) is 11.0 Å². The largest absolute Gasteiger partial charge is 0.378 e. The molecule has 0 atom stereocenters. The molecule has 38 heavy (non-hydrogen) atoms. The van der Waals surface area contributed by atoms with Gasteiger partial charge in [-0.1, -0.05) is 35.1 Å². The van der Waals surface area contributed by atoms with Gasteiger partial charge in [-0.3, -0.25) is 0 Å². The average Bonchev–Trinajstić information content (AvgIpc) is 3.29. The minimum Gasteiger partial charge on any atom is -0.378 e. The third-order valence-corrected chi connectivity index (χ3v) is 8.14. The van der Waals surface area contributed by atoms with E-state index in [9.17, 15) is 8.42 Å². The van der Waals surface area contributed by atoms with Gasteiger partial charge >= 0.3 is 0 Å². The molecule has 1 aliphatic rings. The van der Waals surface area contributed by atoms with Crippen LogP contribution >= 0.6 is 11.3 Å². The lowest BCUT2D eigenvalue weighted by Gasteiger charge is -2.28. The number of guanidine groups is 1. The fourth-order valence-electron chi connectivity index (χ4n) is 3.87. The summed E-state index contributed by atoms with van der Waals surface area (Å²) >= 11 is 1.54. The van der Waals surface area contributed by atoms with E-state index < -0.39 is 10.0 Å². The van der Waals surface area contributed by atoms with Crippen molar-refractivity contribution < 1.29 is 13.2 Å². The first kappa shape index (κ1) is 25.8. The van der Waals surface area contributed by atoms with Crippen LogP contribution in [0, 0.1) is 13.8 Å². The third-order valence-electron chi connectivity index (χ3n) is 5.83. The van der Waals surface area contributed by atoms with Gasteiger partial charge in [0.1, 0.15) is 18.2 Å². The smallest absolute Gasteiger partial charge is 0.264 e. The highest BCUT2D eigenvalue weighted by Crippen LogP contribution is 2.29. The Morgan fingerprint density at radius 2 is 1.79 bits per heavy atom. The van der Waals surface area contributed by atoms with Crippen LogP contribution in [0.4, 0.5) is 16.8 Å². The Kier molecular flexibility index (Phi) is 7.40. The lowest BCUT2D eigenvalue weighted by molar-refractivity contribution is 0.122. The van der Waals surface area contributed by atoms with E-state index in [0.29, 0.717) is 48.9 Å². The molecule has 0 aliphatic carbocycles. The number of morpholine rings is 1. The van der Waals surface area contributed by atoms with Crippen molar-refractivity contribution in [2.75, 3.05) is 36.5 Å². The zero-order valence-corrected chi connectivity index (χ0v) is 22.6. The Hall–Kier alpha value is -3.81. The number of thiazole rings is 1. The molecule has 0 saturated carbocycles. The Labute approximate surface area is 224 Å². The Bertz CT molecular complexity index is 1580. The van der Waals surface area contributed by atoms with Crippen molar-refractivity contribution in [1.29, 1.82) is 0 Å². The normalized spacial score (nSPS) is 14.6. The van der Waals surface area contributed by atoms with Gasteiger partial charge in [-0.25, -0.2) is 33.1 Å². The number of aromatic nitrogens is 3. The highest BCUT2D eigenvalue weighted by molar-refractivity contribution is 7.90. The molecule has 3 heterocycles. The summed E-state index contributed by atoms with van der Waals surface area (Å²) in [6, 6.07) is 14.4. The van der Waals surface area contributed by atoms with Crippen LogP contribution in [0.1, 0.15) is 17.0 Å². The third kappa shape index (κ3) is 6.18. The molecule has 1 aliphatic heterocycles. The van der Waals surface area contributed by atoms with Gasteiger partial charge in [-0.05, 0) is 43.7 Å². The second-order valence-electron chi connectivity index (χ2n) is 8.86. The molecule has 5 rings (SSSR count). The van der Waals surface area contributed by atoms with E-state index in [1.54, 1.807) is 12.1 Å². The number of sulfonamides is 1. The van der Waals surface area contributed by atoms with Crippen LogP contribution in [-0.2, 0) is 21.3 Å². The standard InChI is InChI=1S/C25H28N8O3S2/c1-16-3-6-18(7-4-16)38(34,35)32-24(26)27-15-22-29-21(14-23(30-22)33-9-11-36-12-10-33)31-25-28-19-8-5-17(2)13-20(19)37-25/h3-8,13-14H,9-12,15H2,1-2H3,(H3,26,27,32)(H,28,29,30,31). The summed E-state index contributed by atoms with van der Waals surface area (Å²) in [6.45, 7) is 6.50. The lowest BCUT2D eigenvalue weighted by atomic mass is 10.2. The number of fused-ring (bicyclic) bond motifs is 1. The van der Waals surface area contributed by atoms with Crippen LogP contribution in [0.15, 0.2) is 58.4 Å². The van der Waals surface area contributed by atoms with Crippen molar-refractivity contribution in [3.05, 3.63) is 65.5 Å². The van der Waals surface area contributed by atoms with Crippen molar-refractivity contribution in [1.82, 2.24) is 19.7 Å². The number of aryl methyl sites for hydroxylation is 2. The zero-order valence-electron chi connectivity index (χ0n) is 21.0. The molecule has 1 fully saturated rings. The Balaban J connectivity index is 1.38. The van der Waals surface area contributed by atoms with Crippen molar-refractivity contribution in [3.63, 3.8) is 0 Å². The van der Waals surface area contributed by atoms with Crippen molar-refractivity contribution in [2.24, 2.45) is 10.7 Å². The Morgan fingerprint density at radius 1 is 1.05 bits per heavy atom. The van der Waals surface area contributed by atoms with Crippen LogP contribution in [0.5, 0.6) is 0 Å². The molecule has 0 spiro atoms. The number of rotatable bonds is 7. The van der Waals surface area contributed by atoms with Crippen molar-refractivity contribution in [3.8, 4) is 0 Å². The number of hydrogen-bond donors (Lipinski definition) is 3. The van der Waals surface area contributed by atoms with Crippen LogP contribution in [0.25, 0.3) is 10.2 Å². The molecule has 2 aromatic heterocycles. The number of ether oxygens (including phenoxy) is 1. The molecule has 4 N–H and O–H groups in total. The van der Waals surface area contributed by atoms with E-state index in [-0.39, 0.29) is 17.4 Å². The van der Waals surface area contributed by atoms with Gasteiger partial charge in [-0.2, -0.15) is 0 Å². The molecule has 11 nitrogen and oxygen atoms in total. The Morgan fingerprint density at radius 3 is 2.55 bits per heavy atom. The molecule has 0 radical (unpaired) electrons. The SMILES string of the molecule is Cc1ccc(S(=O)(=O)NC(N)=NCc2nc(Nc3nc4ccc(C)cc4s3)cc(N3CCOCC3)n2)cc1. The number of aliphatic imine (C=N–C) groups is 1. The molecule has 13 heteroatoms. The lowest BCUT2D eigenvalue weighted by Crippen LogP contribution is -2.37. The van der Waals surface area contributed by atoms with Gasteiger partial charge in [-0.15, -0.1) is 0 Å². The van der Waals surface area contributed by atoms with Gasteiger partial charge in [0, 0.05) is 19.2 Å². The molecule has 198 valence electrons. The number of hydrogen-bond acceptors (Lipinski definition) is 10. The summed E-state index contributed by atoms with van der Waals surface area (Å²) in [5, 5.41) is 4.00. The van der Waals surface area contributed by atoms with E-state index in [2.05, 4.69) is 40.9 Å². The number of benzene rings is 2. The second kappa shape index (κ2) is 10.9. The van der Waals surface area contributed by atoms with Gasteiger partial charge < -0.3 is 20.7 Å². The number of anilines is 3. The first-order chi connectivity index (χ1) is 18.2. The highest BCUT2D eigenvalue weighted by atomic mass is 32.2. The fraction of sp³-hybridized carbons (Fsp3) is 0.280. The van der Waals surface area contributed by atoms with E-state index in [4.69, 9.17) is 10.5 Å². The monoisotopic (exact) mass is 552 g/mol. The summed E-state index contributed by atoms with van der Waals surface area (Å²) in [5.41, 5.74) is 8.95. The quantitative estimate of drug-likeness (QED) is 0.232. The summed E-state index contributed by atoms with van der Waals surface area (Å²) < 4.78 is 34.1. The maximum absolute atomic E-state index is 12.6. The van der Waals surface area contributed by atoms with Crippen LogP contribution in [0.3, 0.4) is 0 Å². The number of nitrogens with two attached hydrogens (primary N) is 1. The summed E-state index contributed by atoms with van der Waals surface area (Å²) in [5.74, 6) is 1.40. The molecule has 2 aromatic carbocycles. The average molecular weight is 553 g/mol. The van der Waals surface area contributed by atoms with E-state index in [1.165, 1.54) is 29.0 Å². The second-order valence-corrected chi connectivity index (χ2v) is 11.6. The summed E-state index contributed by atoms with van der Waals surface area (Å²) in [4.78, 5) is 20.3. The number of nitrogens with zero attached hydrogens (tertiary/aromatic N) is 5. The van der Waals surface area contributed by atoms with E-state index in [0.717, 1.165) is 15.8 Å². The van der Waals surface area contributed by atoms with Gasteiger partial charge in [0.2, 0.25) is 5.96 Å². The van der Waals surface area contributed by atoms with Gasteiger partial charge in [0.05, 0.1) is 28.3 Å². The van der Waals surface area contributed by atoms with Crippen LogP contribution in [-0.4, -0.2) is 55.6 Å². The maximum atomic E-state index is 12.6. The van der Waals surface area contributed by atoms with Crippen LogP contribution in [0.2, 0.25) is 0 Å². The molecular weight excluding hydrogens is 524 g/mol. The minimum atomic E-state index is -3.86. The molecule has 0 unspecified atom stereocenters. The molecule has 4 aromatic rings. The highest BCUT2D eigenvalue weighted by Gasteiger charge is 2.17. The maximum Gasteiger partial charge on any atom is 0.264 e. The first-order valence-electron chi connectivity index (χ1n) is 12.0. The van der Waals surface area contributed by atoms with Crippen molar-refractivity contribution >= 4 is 54.3 Å². The first-order valence-corrected chi connectivity index (χ1v) is 14.3. The topological polar surface area (TPSA) is 148 Å². The summed E-state index contributed by atoms with van der Waals surface area (Å²) in [6.07, 6.45) is 0. The molecular formula is C25H28N8O3S2. The predicted octanol–water partition coefficient (Wildman–Crippen LogP) is 3.08. The molecule has 0 bridgehead atoms. The fourth-order valence-corrected chi connectivity index (χ4v) is 5.79. The molecule has 0 amide bonds. The zero-order chi connectivity index (χ0) is 26.7. The van der Waals surface area contributed by atoms with E-state index >= 15 is 0 Å². The van der Waals surface area contributed by atoms with Crippen molar-refractivity contribution in [2.45, 2.75) is 25.3 Å². The van der Waals surface area contributed by atoms with E-state index in [1.807, 2.05) is 32.0 Å². The number of nitrogens with one attached hydrogen (secondary N) is 2. The summed E-state index contributed by atoms with van der Waals surface area (Å²) in [7, 11) is -3.86. The molecule has 1 saturated heterocycles. The minimum absolute atomic E-state index is 0.0197. The van der Waals surface area contributed by atoms with Crippen LogP contribution < -0.4 is 20.7 Å². The van der Waals surface area contributed by atoms with Gasteiger partial charge in [0.25, 0.3) is 10.0 Å². The predicted molar refractivity (Wildman–Crippen MR) is 150 cm³/mol.